The molecule has 1 fully saturated rings. The van der Waals surface area contributed by atoms with E-state index in [1.807, 2.05) is 0 Å². The van der Waals surface area contributed by atoms with Gasteiger partial charge in [-0.25, -0.2) is 0 Å². The highest BCUT2D eigenvalue weighted by Crippen LogP contribution is 2.29. The van der Waals surface area contributed by atoms with Gasteiger partial charge in [-0.2, -0.15) is 13.2 Å². The van der Waals surface area contributed by atoms with Crippen LogP contribution in [-0.4, -0.2) is 25.2 Å². The van der Waals surface area contributed by atoms with E-state index >= 15 is 0 Å². The van der Waals surface area contributed by atoms with Crippen LogP contribution in [0.4, 0.5) is 13.2 Å². The van der Waals surface area contributed by atoms with Crippen molar-refractivity contribution in [3.05, 3.63) is 0 Å². The quantitative estimate of drug-likeness (QED) is 0.619. The average molecular weight is 182 g/mol. The van der Waals surface area contributed by atoms with Crippen molar-refractivity contribution < 1.29 is 22.7 Å². The van der Waals surface area contributed by atoms with Crippen LogP contribution in [0.25, 0.3) is 0 Å². The summed E-state index contributed by atoms with van der Waals surface area (Å²) in [6.45, 7) is -1.21. The van der Waals surface area contributed by atoms with Gasteiger partial charge in [-0.05, 0) is 12.8 Å². The van der Waals surface area contributed by atoms with Gasteiger partial charge in [0.2, 0.25) is 0 Å². The van der Waals surface area contributed by atoms with E-state index < -0.39 is 12.8 Å². The summed E-state index contributed by atoms with van der Waals surface area (Å²) < 4.78 is 39.2. The summed E-state index contributed by atoms with van der Waals surface area (Å²) in [6, 6.07) is 0. The fourth-order valence-corrected chi connectivity index (χ4v) is 1.07. The Kier molecular flexibility index (Phi) is 2.72. The highest BCUT2D eigenvalue weighted by molar-refractivity contribution is 5.55. The Hall–Kier alpha value is -0.580. The van der Waals surface area contributed by atoms with Crippen LogP contribution in [0.5, 0.6) is 0 Å². The van der Waals surface area contributed by atoms with Gasteiger partial charge >= 0.3 is 6.18 Å². The van der Waals surface area contributed by atoms with E-state index in [1.165, 1.54) is 0 Å². The fourth-order valence-electron chi connectivity index (χ4n) is 1.07. The summed E-state index contributed by atoms with van der Waals surface area (Å²) in [6.07, 6.45) is -3.01. The molecule has 0 spiro atoms. The molecule has 1 aliphatic carbocycles. The van der Waals surface area contributed by atoms with Crippen LogP contribution in [0.2, 0.25) is 0 Å². The normalized spacial score (nSPS) is 29.6. The molecule has 70 valence electrons. The van der Waals surface area contributed by atoms with E-state index in [0.717, 1.165) is 6.29 Å². The van der Waals surface area contributed by atoms with Crippen molar-refractivity contribution in [2.24, 2.45) is 5.92 Å². The number of ether oxygens (including phenoxy) is 1. The van der Waals surface area contributed by atoms with Crippen LogP contribution >= 0.6 is 0 Å². The van der Waals surface area contributed by atoms with Gasteiger partial charge < -0.3 is 9.53 Å². The number of rotatable bonds is 3. The second-order valence-corrected chi connectivity index (χ2v) is 2.92. The second kappa shape index (κ2) is 3.43. The van der Waals surface area contributed by atoms with Crippen molar-refractivity contribution in [3.63, 3.8) is 0 Å². The molecule has 1 aliphatic rings. The van der Waals surface area contributed by atoms with Gasteiger partial charge in [0.15, 0.2) is 0 Å². The lowest BCUT2D eigenvalue weighted by Gasteiger charge is -2.31. The molecule has 1 saturated carbocycles. The summed E-state index contributed by atoms with van der Waals surface area (Å²) in [5, 5.41) is 0. The van der Waals surface area contributed by atoms with Gasteiger partial charge in [0, 0.05) is 5.92 Å². The molecule has 0 bridgehead atoms. The molecule has 0 heterocycles. The van der Waals surface area contributed by atoms with Gasteiger partial charge in [-0.1, -0.05) is 0 Å². The Morgan fingerprint density at radius 3 is 2.42 bits per heavy atom. The molecule has 0 aromatic rings. The first kappa shape index (κ1) is 9.51. The Labute approximate surface area is 67.7 Å². The summed E-state index contributed by atoms with van der Waals surface area (Å²) in [5.41, 5.74) is 0. The molecular weight excluding hydrogens is 173 g/mol. The van der Waals surface area contributed by atoms with E-state index in [1.54, 1.807) is 0 Å². The molecule has 0 aromatic heterocycles. The number of aldehydes is 1. The van der Waals surface area contributed by atoms with Crippen molar-refractivity contribution >= 4 is 6.29 Å². The van der Waals surface area contributed by atoms with Crippen LogP contribution < -0.4 is 0 Å². The Morgan fingerprint density at radius 2 is 2.00 bits per heavy atom. The minimum Gasteiger partial charge on any atom is -0.369 e. The molecule has 0 aliphatic heterocycles. The van der Waals surface area contributed by atoms with Gasteiger partial charge in [0.25, 0.3) is 0 Å². The summed E-state index contributed by atoms with van der Waals surface area (Å²) in [5.74, 6) is -0.0942. The largest absolute Gasteiger partial charge is 0.411 e. The van der Waals surface area contributed by atoms with Gasteiger partial charge in [-0.3, -0.25) is 0 Å². The Morgan fingerprint density at radius 1 is 1.42 bits per heavy atom. The molecule has 2 nitrogen and oxygen atoms in total. The van der Waals surface area contributed by atoms with E-state index in [2.05, 4.69) is 4.74 Å². The lowest BCUT2D eigenvalue weighted by Crippen LogP contribution is -2.35. The van der Waals surface area contributed by atoms with Gasteiger partial charge in [0.1, 0.15) is 12.9 Å². The molecule has 12 heavy (non-hydrogen) atoms. The molecular formula is C7H9F3O2. The fraction of sp³-hybridized carbons (Fsp3) is 0.857. The van der Waals surface area contributed by atoms with Crippen LogP contribution in [-0.2, 0) is 9.53 Å². The van der Waals surface area contributed by atoms with E-state index in [4.69, 9.17) is 0 Å². The highest BCUT2D eigenvalue weighted by Gasteiger charge is 2.34. The Bertz CT molecular complexity index is 161. The van der Waals surface area contributed by atoms with Crippen molar-refractivity contribution in [1.82, 2.24) is 0 Å². The average Bonchev–Trinajstić information content (AvgIpc) is 1.82. The van der Waals surface area contributed by atoms with E-state index in [-0.39, 0.29) is 12.0 Å². The summed E-state index contributed by atoms with van der Waals surface area (Å²) in [4.78, 5) is 10.1. The standard InChI is InChI=1S/C7H9F3O2/c8-7(9,10)4-12-6-1-5(2-6)3-11/h3,5-6H,1-2,4H2. The molecule has 1 rings (SSSR count). The maximum atomic E-state index is 11.6. The zero-order valence-corrected chi connectivity index (χ0v) is 6.30. The number of hydrogen-bond donors (Lipinski definition) is 0. The molecule has 0 atom stereocenters. The summed E-state index contributed by atoms with van der Waals surface area (Å²) in [7, 11) is 0. The number of hydrogen-bond acceptors (Lipinski definition) is 2. The van der Waals surface area contributed by atoms with Crippen molar-refractivity contribution in [2.45, 2.75) is 25.1 Å². The SMILES string of the molecule is O=CC1CC(OCC(F)(F)F)C1. The molecule has 0 unspecified atom stereocenters. The van der Waals surface area contributed by atoms with Crippen molar-refractivity contribution in [3.8, 4) is 0 Å². The highest BCUT2D eigenvalue weighted by atomic mass is 19.4. The third-order valence-corrected chi connectivity index (χ3v) is 1.81. The van der Waals surface area contributed by atoms with Crippen LogP contribution in [0.1, 0.15) is 12.8 Å². The van der Waals surface area contributed by atoms with Crippen molar-refractivity contribution in [1.29, 1.82) is 0 Å². The van der Waals surface area contributed by atoms with E-state index in [9.17, 15) is 18.0 Å². The molecule has 0 N–H and O–H groups in total. The first-order valence-electron chi connectivity index (χ1n) is 3.65. The number of halogens is 3. The van der Waals surface area contributed by atoms with Gasteiger partial charge in [0.05, 0.1) is 6.10 Å². The predicted octanol–water partition coefficient (Wildman–Crippen LogP) is 1.54. The lowest BCUT2D eigenvalue weighted by atomic mass is 9.83. The summed E-state index contributed by atoms with van der Waals surface area (Å²) >= 11 is 0. The minimum atomic E-state index is -4.26. The predicted molar refractivity (Wildman–Crippen MR) is 34.6 cm³/mol. The zero-order chi connectivity index (χ0) is 9.19. The van der Waals surface area contributed by atoms with Crippen molar-refractivity contribution in [2.75, 3.05) is 6.61 Å². The molecule has 0 saturated heterocycles. The number of carbonyl (C=O) groups is 1. The van der Waals surface area contributed by atoms with Crippen LogP contribution in [0.15, 0.2) is 0 Å². The van der Waals surface area contributed by atoms with Gasteiger partial charge in [-0.15, -0.1) is 0 Å². The Balaban J connectivity index is 2.08. The lowest BCUT2D eigenvalue weighted by molar-refractivity contribution is -0.196. The van der Waals surface area contributed by atoms with Crippen LogP contribution in [0.3, 0.4) is 0 Å². The molecule has 5 heteroatoms. The zero-order valence-electron chi connectivity index (χ0n) is 6.30. The molecule has 0 aromatic carbocycles. The maximum absolute atomic E-state index is 11.6. The topological polar surface area (TPSA) is 26.3 Å². The smallest absolute Gasteiger partial charge is 0.369 e. The monoisotopic (exact) mass is 182 g/mol. The van der Waals surface area contributed by atoms with Crippen LogP contribution in [0, 0.1) is 5.92 Å². The second-order valence-electron chi connectivity index (χ2n) is 2.92. The number of alkyl halides is 3. The minimum absolute atomic E-state index is 0.0942. The first-order valence-corrected chi connectivity index (χ1v) is 3.65. The molecule has 0 radical (unpaired) electrons. The maximum Gasteiger partial charge on any atom is 0.411 e. The van der Waals surface area contributed by atoms with E-state index in [0.29, 0.717) is 12.8 Å². The molecule has 0 amide bonds. The first-order chi connectivity index (χ1) is 5.51. The number of carbonyl (C=O) groups excluding carboxylic acids is 1. The third kappa shape index (κ3) is 2.81. The third-order valence-electron chi connectivity index (χ3n) is 1.81.